The number of hydrogen-bond acceptors (Lipinski definition) is 7. The van der Waals surface area contributed by atoms with E-state index in [4.69, 9.17) is 35.5 Å². The lowest BCUT2D eigenvalue weighted by Gasteiger charge is -2.29. The fourth-order valence-electron chi connectivity index (χ4n) is 5.99. The number of esters is 1. The lowest BCUT2D eigenvalue weighted by molar-refractivity contribution is -0.127. The maximum absolute atomic E-state index is 15.4. The highest BCUT2D eigenvalue weighted by Gasteiger charge is 2.43. The minimum Gasteiger partial charge on any atom is -0.465 e. The fourth-order valence-corrected chi connectivity index (χ4v) is 6.15. The van der Waals surface area contributed by atoms with Crippen LogP contribution >= 0.6 is 11.6 Å². The number of nitrogens with zero attached hydrogens (tertiary/aromatic N) is 3. The Kier molecular flexibility index (Phi) is 7.25. The van der Waals surface area contributed by atoms with Crippen molar-refractivity contribution in [3.63, 3.8) is 0 Å². The van der Waals surface area contributed by atoms with Crippen LogP contribution in [0.2, 0.25) is 5.02 Å². The summed E-state index contributed by atoms with van der Waals surface area (Å²) in [5.41, 5.74) is 2.45. The molecule has 1 amide bonds. The lowest BCUT2D eigenvalue weighted by Crippen LogP contribution is -2.36. The summed E-state index contributed by atoms with van der Waals surface area (Å²) in [4.78, 5) is 32.1. The van der Waals surface area contributed by atoms with E-state index in [2.05, 4.69) is 0 Å². The molecule has 2 atom stereocenters. The predicted octanol–water partition coefficient (Wildman–Crippen LogP) is 6.00. The molecule has 45 heavy (non-hydrogen) atoms. The van der Waals surface area contributed by atoms with E-state index in [0.29, 0.717) is 42.1 Å². The van der Waals surface area contributed by atoms with Gasteiger partial charge >= 0.3 is 5.97 Å². The molecule has 0 bridgehead atoms. The van der Waals surface area contributed by atoms with Gasteiger partial charge in [0.05, 0.1) is 54.0 Å². The van der Waals surface area contributed by atoms with E-state index in [9.17, 15) is 14.0 Å². The minimum atomic E-state index is -1.57. The first-order valence-corrected chi connectivity index (χ1v) is 14.9. The SMILES string of the molecule is COC(=O)c1ccc2nc(CN3CCC(c4c(F)ccc5c4OC(C)(c4ccc(Cl)cc4F)O5)=CC3=O)n(C[C@@H]3CCO3)c2c1. The molecule has 9 nitrogen and oxygen atoms in total. The van der Waals surface area contributed by atoms with Crippen LogP contribution in [0.25, 0.3) is 16.6 Å². The molecule has 4 heterocycles. The molecule has 0 aliphatic carbocycles. The quantitative estimate of drug-likeness (QED) is 0.230. The highest BCUT2D eigenvalue weighted by Crippen LogP contribution is 2.50. The van der Waals surface area contributed by atoms with Crippen LogP contribution in [-0.4, -0.2) is 52.7 Å². The number of methoxy groups -OCH3 is 1. The van der Waals surface area contributed by atoms with Gasteiger partial charge in [-0.1, -0.05) is 11.6 Å². The molecule has 7 rings (SSSR count). The zero-order valence-corrected chi connectivity index (χ0v) is 25.2. The topological polar surface area (TPSA) is 92.1 Å². The van der Waals surface area contributed by atoms with E-state index < -0.39 is 23.4 Å². The van der Waals surface area contributed by atoms with Gasteiger partial charge in [-0.15, -0.1) is 0 Å². The number of rotatable bonds is 7. The fraction of sp³-hybridized carbons (Fsp3) is 0.303. The lowest BCUT2D eigenvalue weighted by atomic mass is 9.97. The van der Waals surface area contributed by atoms with Crippen LogP contribution in [0.1, 0.15) is 47.1 Å². The van der Waals surface area contributed by atoms with Crippen LogP contribution in [0.5, 0.6) is 11.5 Å². The molecule has 3 aliphatic heterocycles. The summed E-state index contributed by atoms with van der Waals surface area (Å²) in [7, 11) is 1.33. The van der Waals surface area contributed by atoms with E-state index in [1.807, 2.05) is 4.57 Å². The van der Waals surface area contributed by atoms with Gasteiger partial charge in [-0.05, 0) is 66.9 Å². The summed E-state index contributed by atoms with van der Waals surface area (Å²) in [6.45, 7) is 3.22. The molecule has 1 aromatic heterocycles. The van der Waals surface area contributed by atoms with Crippen molar-refractivity contribution in [1.29, 1.82) is 0 Å². The number of aromatic nitrogens is 2. The van der Waals surface area contributed by atoms with Crippen LogP contribution < -0.4 is 9.47 Å². The van der Waals surface area contributed by atoms with Gasteiger partial charge in [0.1, 0.15) is 17.5 Å². The van der Waals surface area contributed by atoms with Gasteiger partial charge in [-0.2, -0.15) is 0 Å². The van der Waals surface area contributed by atoms with Gasteiger partial charge in [-0.3, -0.25) is 4.79 Å². The van der Waals surface area contributed by atoms with Crippen molar-refractivity contribution in [2.24, 2.45) is 0 Å². The smallest absolute Gasteiger partial charge is 0.337 e. The summed E-state index contributed by atoms with van der Waals surface area (Å²) >= 11 is 5.92. The number of hydrogen-bond donors (Lipinski definition) is 0. The third-order valence-corrected chi connectivity index (χ3v) is 8.67. The first-order valence-electron chi connectivity index (χ1n) is 14.5. The number of carbonyl (C=O) groups is 2. The summed E-state index contributed by atoms with van der Waals surface area (Å²) in [6, 6.07) is 11.9. The van der Waals surface area contributed by atoms with Gasteiger partial charge in [0.2, 0.25) is 5.91 Å². The molecular weight excluding hydrogens is 608 g/mol. The molecule has 3 aromatic carbocycles. The van der Waals surface area contributed by atoms with Crippen molar-refractivity contribution < 1.29 is 37.3 Å². The third kappa shape index (κ3) is 5.19. The van der Waals surface area contributed by atoms with Crippen molar-refractivity contribution in [2.45, 2.75) is 44.7 Å². The molecule has 0 N–H and O–H groups in total. The van der Waals surface area contributed by atoms with Crippen molar-refractivity contribution in [1.82, 2.24) is 14.5 Å². The Labute approximate surface area is 261 Å². The number of fused-ring (bicyclic) bond motifs is 2. The Morgan fingerprint density at radius 3 is 2.67 bits per heavy atom. The van der Waals surface area contributed by atoms with Crippen molar-refractivity contribution in [3.05, 3.63) is 93.8 Å². The molecule has 1 fully saturated rings. The van der Waals surface area contributed by atoms with E-state index >= 15 is 4.39 Å². The standard InChI is InChI=1S/C33H28ClF2N3O6/c1-33(22-5-4-20(34)15-24(22)36)44-27-8-6-23(35)30(31(27)45-33)18-9-11-38(29(40)14-18)17-28-37-25-7-3-19(32(41)42-2)13-26(25)39(28)16-21-10-12-43-21/h3-8,13-15,21H,9-12,16-17H2,1-2H3/t21-,33?/m0/s1. The third-order valence-electron chi connectivity index (χ3n) is 8.43. The average molecular weight is 636 g/mol. The Hall–Kier alpha value is -4.48. The summed E-state index contributed by atoms with van der Waals surface area (Å²) < 4.78 is 54.8. The second-order valence-corrected chi connectivity index (χ2v) is 11.8. The number of ether oxygens (including phenoxy) is 4. The van der Waals surface area contributed by atoms with Crippen LogP contribution in [0.3, 0.4) is 0 Å². The molecule has 0 spiro atoms. The van der Waals surface area contributed by atoms with Gasteiger partial charge in [0.25, 0.3) is 5.79 Å². The molecule has 232 valence electrons. The first kappa shape index (κ1) is 29.2. The largest absolute Gasteiger partial charge is 0.465 e. The van der Waals surface area contributed by atoms with Crippen LogP contribution in [0.4, 0.5) is 8.78 Å². The number of carbonyl (C=O) groups excluding carboxylic acids is 2. The average Bonchev–Trinajstić information content (AvgIpc) is 3.51. The summed E-state index contributed by atoms with van der Waals surface area (Å²) in [5.74, 6) is -2.59. The van der Waals surface area contributed by atoms with Gasteiger partial charge in [0, 0.05) is 31.2 Å². The number of halogens is 3. The van der Waals surface area contributed by atoms with Crippen LogP contribution in [0, 0.1) is 11.6 Å². The number of benzene rings is 3. The molecule has 4 aromatic rings. The van der Waals surface area contributed by atoms with Gasteiger partial charge < -0.3 is 28.4 Å². The van der Waals surface area contributed by atoms with Gasteiger partial charge in [0.15, 0.2) is 11.5 Å². The van der Waals surface area contributed by atoms with E-state index in [1.165, 1.54) is 44.4 Å². The molecule has 1 unspecified atom stereocenters. The minimum absolute atomic E-state index is 0.00360. The zero-order valence-electron chi connectivity index (χ0n) is 24.4. The summed E-state index contributed by atoms with van der Waals surface area (Å²) in [5, 5.41) is 0.218. The second-order valence-electron chi connectivity index (χ2n) is 11.3. The first-order chi connectivity index (χ1) is 21.6. The van der Waals surface area contributed by atoms with Crippen molar-refractivity contribution >= 4 is 40.1 Å². The number of imidazole rings is 1. The van der Waals surface area contributed by atoms with Gasteiger partial charge in [-0.25, -0.2) is 18.6 Å². The molecule has 1 saturated heterocycles. The van der Waals surface area contributed by atoms with Crippen LogP contribution in [0.15, 0.2) is 54.6 Å². The van der Waals surface area contributed by atoms with Crippen molar-refractivity contribution in [2.75, 3.05) is 20.3 Å². The van der Waals surface area contributed by atoms with E-state index in [0.717, 1.165) is 18.0 Å². The highest BCUT2D eigenvalue weighted by atomic mass is 35.5. The van der Waals surface area contributed by atoms with E-state index in [1.54, 1.807) is 23.1 Å². The number of amides is 1. The Morgan fingerprint density at radius 2 is 1.96 bits per heavy atom. The maximum atomic E-state index is 15.4. The maximum Gasteiger partial charge on any atom is 0.337 e. The molecule has 0 radical (unpaired) electrons. The second kappa shape index (κ2) is 11.1. The Morgan fingerprint density at radius 1 is 1.13 bits per heavy atom. The summed E-state index contributed by atoms with van der Waals surface area (Å²) in [6.07, 6.45) is 2.62. The monoisotopic (exact) mass is 635 g/mol. The zero-order chi connectivity index (χ0) is 31.5. The molecule has 12 heteroatoms. The molecule has 3 aliphatic rings. The predicted molar refractivity (Wildman–Crippen MR) is 160 cm³/mol. The van der Waals surface area contributed by atoms with Crippen molar-refractivity contribution in [3.8, 4) is 11.5 Å². The normalized spacial score (nSPS) is 20.7. The molecule has 0 saturated carbocycles. The Balaban J connectivity index is 1.17. The highest BCUT2D eigenvalue weighted by molar-refractivity contribution is 6.30. The van der Waals surface area contributed by atoms with Crippen LogP contribution in [-0.2, 0) is 33.1 Å². The Bertz CT molecular complexity index is 1910. The van der Waals surface area contributed by atoms with E-state index in [-0.39, 0.29) is 52.7 Å². The molecular formula is C33H28ClF2N3O6.